The molecule has 2 rings (SSSR count). The van der Waals surface area contributed by atoms with Crippen molar-refractivity contribution in [2.75, 3.05) is 0 Å². The van der Waals surface area contributed by atoms with Crippen molar-refractivity contribution in [2.24, 2.45) is 0 Å². The molecule has 1 heterocycles. The van der Waals surface area contributed by atoms with E-state index in [1.165, 1.54) is 6.20 Å². The first-order valence-corrected chi connectivity index (χ1v) is 6.19. The van der Waals surface area contributed by atoms with E-state index in [1.54, 1.807) is 42.5 Å². The Hall–Kier alpha value is -1.81. The second-order valence-electron chi connectivity index (χ2n) is 3.75. The monoisotopic (exact) mass is 303 g/mol. The van der Waals surface area contributed by atoms with Crippen LogP contribution in [0, 0.1) is 0 Å². The normalized spacial score (nSPS) is 10.1. The molecule has 0 aliphatic rings. The Balaban J connectivity index is 2.08. The number of carbonyl (C=O) groups excluding carboxylic acids is 2. The molecule has 0 bridgehead atoms. The van der Waals surface area contributed by atoms with Gasteiger partial charge in [0.1, 0.15) is 5.69 Å². The van der Waals surface area contributed by atoms with Crippen molar-refractivity contribution in [3.63, 3.8) is 0 Å². The minimum Gasteiger partial charge on any atom is -0.294 e. The third kappa shape index (κ3) is 3.11. The lowest BCUT2D eigenvalue weighted by Gasteiger charge is -2.01. The maximum absolute atomic E-state index is 11.9. The zero-order chi connectivity index (χ0) is 13.0. The van der Waals surface area contributed by atoms with Gasteiger partial charge in [-0.2, -0.15) is 0 Å². The summed E-state index contributed by atoms with van der Waals surface area (Å²) < 4.78 is 0.898. The van der Waals surface area contributed by atoms with Gasteiger partial charge in [0, 0.05) is 16.2 Å². The van der Waals surface area contributed by atoms with Crippen LogP contribution in [0.1, 0.15) is 27.3 Å². The third-order valence-electron chi connectivity index (χ3n) is 2.44. The number of ketones is 2. The number of nitrogens with zero attached hydrogens (tertiary/aromatic N) is 1. The molecule has 0 amide bonds. The van der Waals surface area contributed by atoms with Crippen LogP contribution in [0.3, 0.4) is 0 Å². The van der Waals surface area contributed by atoms with E-state index < -0.39 is 0 Å². The van der Waals surface area contributed by atoms with Crippen molar-refractivity contribution in [1.29, 1.82) is 0 Å². The van der Waals surface area contributed by atoms with Gasteiger partial charge in [-0.25, -0.2) is 0 Å². The first-order chi connectivity index (χ1) is 8.66. The number of rotatable bonds is 4. The predicted molar refractivity (Wildman–Crippen MR) is 71.7 cm³/mol. The van der Waals surface area contributed by atoms with Crippen LogP contribution in [-0.4, -0.2) is 16.6 Å². The Labute approximate surface area is 113 Å². The van der Waals surface area contributed by atoms with Crippen molar-refractivity contribution < 1.29 is 9.59 Å². The van der Waals surface area contributed by atoms with E-state index in [0.717, 1.165) is 4.47 Å². The predicted octanol–water partition coefficient (Wildman–Crippen LogP) is 3.30. The van der Waals surface area contributed by atoms with Crippen LogP contribution in [0.25, 0.3) is 0 Å². The molecule has 0 atom stereocenters. The second kappa shape index (κ2) is 5.69. The van der Waals surface area contributed by atoms with Crippen LogP contribution in [0.5, 0.6) is 0 Å². The molecule has 0 aliphatic carbocycles. The summed E-state index contributed by atoms with van der Waals surface area (Å²) in [5, 5.41) is 0. The number of hydrogen-bond donors (Lipinski definition) is 0. The fourth-order valence-electron chi connectivity index (χ4n) is 1.50. The molecule has 1 aromatic heterocycles. The highest BCUT2D eigenvalue weighted by atomic mass is 79.9. The molecule has 0 saturated heterocycles. The van der Waals surface area contributed by atoms with Gasteiger partial charge in [-0.05, 0) is 24.3 Å². The molecule has 3 nitrogen and oxygen atoms in total. The number of aromatic nitrogens is 1. The molecule has 0 fully saturated rings. The van der Waals surface area contributed by atoms with Gasteiger partial charge in [0.25, 0.3) is 0 Å². The summed E-state index contributed by atoms with van der Waals surface area (Å²) in [5.74, 6) is -0.457. The zero-order valence-corrected chi connectivity index (χ0v) is 11.1. The van der Waals surface area contributed by atoms with Crippen molar-refractivity contribution in [3.8, 4) is 0 Å². The van der Waals surface area contributed by atoms with E-state index in [9.17, 15) is 9.59 Å². The maximum Gasteiger partial charge on any atom is 0.188 e. The molecule has 90 valence electrons. The largest absolute Gasteiger partial charge is 0.294 e. The summed E-state index contributed by atoms with van der Waals surface area (Å²) in [4.78, 5) is 27.6. The lowest BCUT2D eigenvalue weighted by atomic mass is 10.0. The molecule has 2 aromatic rings. The average molecular weight is 304 g/mol. The quantitative estimate of drug-likeness (QED) is 0.643. The summed E-state index contributed by atoms with van der Waals surface area (Å²) >= 11 is 3.29. The van der Waals surface area contributed by atoms with Crippen LogP contribution in [-0.2, 0) is 0 Å². The van der Waals surface area contributed by atoms with Gasteiger partial charge in [0.05, 0.1) is 6.42 Å². The first kappa shape index (κ1) is 12.6. The standard InChI is InChI=1S/C14H10BrNO2/c15-11-6-4-10(5-7-11)13(17)9-14(18)12-3-1-2-8-16-12/h1-8H,9H2. The second-order valence-corrected chi connectivity index (χ2v) is 4.66. The smallest absolute Gasteiger partial charge is 0.188 e. The lowest BCUT2D eigenvalue weighted by molar-refractivity contribution is 0.0891. The van der Waals surface area contributed by atoms with Crippen molar-refractivity contribution in [3.05, 3.63) is 64.4 Å². The molecule has 18 heavy (non-hydrogen) atoms. The number of pyridine rings is 1. The molecule has 4 heteroatoms. The summed E-state index contributed by atoms with van der Waals surface area (Å²) in [6.45, 7) is 0. The minimum absolute atomic E-state index is 0.154. The van der Waals surface area contributed by atoms with Crippen LogP contribution >= 0.6 is 15.9 Å². The molecule has 0 saturated carbocycles. The Morgan fingerprint density at radius 3 is 2.33 bits per heavy atom. The van der Waals surface area contributed by atoms with E-state index in [1.807, 2.05) is 0 Å². The summed E-state index contributed by atoms with van der Waals surface area (Å²) in [6.07, 6.45) is 1.38. The van der Waals surface area contributed by atoms with E-state index in [4.69, 9.17) is 0 Å². The molecule has 0 unspecified atom stereocenters. The Morgan fingerprint density at radius 1 is 1.00 bits per heavy atom. The fraction of sp³-hybridized carbons (Fsp3) is 0.0714. The summed E-state index contributed by atoms with van der Waals surface area (Å²) in [6, 6.07) is 12.0. The zero-order valence-electron chi connectivity index (χ0n) is 9.47. The number of halogens is 1. The molecule has 0 N–H and O–H groups in total. The van der Waals surface area contributed by atoms with E-state index >= 15 is 0 Å². The molecule has 1 aromatic carbocycles. The summed E-state index contributed by atoms with van der Waals surface area (Å²) in [5.41, 5.74) is 0.852. The van der Waals surface area contributed by atoms with Crippen molar-refractivity contribution >= 4 is 27.5 Å². The molecule has 0 radical (unpaired) electrons. The first-order valence-electron chi connectivity index (χ1n) is 5.40. The van der Waals surface area contributed by atoms with Gasteiger partial charge in [-0.1, -0.05) is 34.1 Å². The SMILES string of the molecule is O=C(CC(=O)c1ccccn1)c1ccc(Br)cc1. The Kier molecular flexibility index (Phi) is 3.99. The highest BCUT2D eigenvalue weighted by Gasteiger charge is 2.14. The van der Waals surface area contributed by atoms with Crippen molar-refractivity contribution in [1.82, 2.24) is 4.98 Å². The molecular formula is C14H10BrNO2. The maximum atomic E-state index is 11.9. The Bertz CT molecular complexity index is 564. The summed E-state index contributed by atoms with van der Waals surface area (Å²) in [7, 11) is 0. The van der Waals surface area contributed by atoms with Gasteiger partial charge in [0.15, 0.2) is 11.6 Å². The number of Topliss-reactive ketones (excluding diaryl/α,β-unsaturated/α-hetero) is 2. The van der Waals surface area contributed by atoms with Gasteiger partial charge >= 0.3 is 0 Å². The topological polar surface area (TPSA) is 47.0 Å². The van der Waals surface area contributed by atoms with Crippen LogP contribution < -0.4 is 0 Å². The van der Waals surface area contributed by atoms with Gasteiger partial charge in [-0.3, -0.25) is 14.6 Å². The minimum atomic E-state index is -0.261. The van der Waals surface area contributed by atoms with E-state index in [2.05, 4.69) is 20.9 Å². The Morgan fingerprint density at radius 2 is 1.72 bits per heavy atom. The van der Waals surface area contributed by atoms with Crippen molar-refractivity contribution in [2.45, 2.75) is 6.42 Å². The fourth-order valence-corrected chi connectivity index (χ4v) is 1.77. The van der Waals surface area contributed by atoms with Gasteiger partial charge < -0.3 is 0 Å². The van der Waals surface area contributed by atoms with Gasteiger partial charge in [-0.15, -0.1) is 0 Å². The van der Waals surface area contributed by atoms with Gasteiger partial charge in [0.2, 0.25) is 0 Å². The number of benzene rings is 1. The number of carbonyl (C=O) groups is 2. The molecule has 0 spiro atoms. The molecule has 0 aliphatic heterocycles. The van der Waals surface area contributed by atoms with E-state index in [0.29, 0.717) is 11.3 Å². The molecular weight excluding hydrogens is 294 g/mol. The third-order valence-corrected chi connectivity index (χ3v) is 2.97. The highest BCUT2D eigenvalue weighted by molar-refractivity contribution is 9.10. The highest BCUT2D eigenvalue weighted by Crippen LogP contribution is 2.13. The number of hydrogen-bond acceptors (Lipinski definition) is 3. The lowest BCUT2D eigenvalue weighted by Crippen LogP contribution is -2.09. The van der Waals surface area contributed by atoms with Crippen LogP contribution in [0.2, 0.25) is 0 Å². The van der Waals surface area contributed by atoms with Crippen LogP contribution in [0.4, 0.5) is 0 Å². The van der Waals surface area contributed by atoms with Crippen LogP contribution in [0.15, 0.2) is 53.1 Å². The van der Waals surface area contributed by atoms with E-state index in [-0.39, 0.29) is 18.0 Å². The average Bonchev–Trinajstić information content (AvgIpc) is 2.40.